The van der Waals surface area contributed by atoms with Gasteiger partial charge in [0.05, 0.1) is 18.9 Å². The number of rotatable bonds is 37. The van der Waals surface area contributed by atoms with E-state index < -0.39 is 0 Å². The van der Waals surface area contributed by atoms with Gasteiger partial charge in [-0.05, 0) is 65.4 Å². The largest absolute Gasteiger partial charge is 0.493 e. The number of hydrogen-bond acceptors (Lipinski definition) is 6. The third kappa shape index (κ3) is 22.9. The van der Waals surface area contributed by atoms with Crippen LogP contribution in [0.2, 0.25) is 0 Å². The van der Waals surface area contributed by atoms with Crippen molar-refractivity contribution >= 4 is 17.8 Å². The van der Waals surface area contributed by atoms with Crippen molar-refractivity contribution in [3.8, 4) is 47.7 Å². The van der Waals surface area contributed by atoms with Crippen molar-refractivity contribution in [1.82, 2.24) is 5.32 Å². The highest BCUT2D eigenvalue weighted by Crippen LogP contribution is 2.36. The predicted molar refractivity (Wildman–Crippen MR) is 276 cm³/mol. The van der Waals surface area contributed by atoms with E-state index in [2.05, 4.69) is 109 Å². The molecule has 0 aromatic heterocycles. The molecule has 4 aromatic rings. The molecule has 0 heterocycles. The molecule has 0 unspecified atom stereocenters. The molecule has 4 aromatic carbocycles. The third-order valence-corrected chi connectivity index (χ3v) is 11.7. The second-order valence-corrected chi connectivity index (χ2v) is 17.3. The van der Waals surface area contributed by atoms with Crippen LogP contribution in [0.25, 0.3) is 12.2 Å². The first kappa shape index (κ1) is 52.3. The zero-order valence-electron chi connectivity index (χ0n) is 40.1. The van der Waals surface area contributed by atoms with Gasteiger partial charge in [0.1, 0.15) is 36.2 Å². The third-order valence-electron chi connectivity index (χ3n) is 11.7. The SMILES string of the molecule is C#CCOc1ccc(CNCc2ccc(/C=C/c3cc(OCCCCCCCCCCCC)c(NCc4ccc(OCC#C)cc4)cc3OCCCCCCCCCCCC)cc2)cc1. The Bertz CT molecular complexity index is 1940. The van der Waals surface area contributed by atoms with Gasteiger partial charge >= 0.3 is 0 Å². The van der Waals surface area contributed by atoms with Crippen LogP contribution in [0.4, 0.5) is 5.69 Å². The second kappa shape index (κ2) is 34.1. The van der Waals surface area contributed by atoms with E-state index >= 15 is 0 Å². The summed E-state index contributed by atoms with van der Waals surface area (Å²) in [6.45, 7) is 8.62. The quantitative estimate of drug-likeness (QED) is 0.0267. The molecule has 0 amide bonds. The minimum absolute atomic E-state index is 0.255. The van der Waals surface area contributed by atoms with Crippen molar-refractivity contribution in [3.05, 3.63) is 113 Å². The first-order valence-electron chi connectivity index (χ1n) is 25.1. The highest BCUT2D eigenvalue weighted by atomic mass is 16.5. The molecule has 0 bridgehead atoms. The van der Waals surface area contributed by atoms with E-state index in [0.29, 0.717) is 19.8 Å². The van der Waals surface area contributed by atoms with E-state index in [1.54, 1.807) is 0 Å². The molecule has 0 saturated carbocycles. The predicted octanol–water partition coefficient (Wildman–Crippen LogP) is 15.4. The van der Waals surface area contributed by atoms with Gasteiger partial charge in [0, 0.05) is 31.3 Å². The molecule has 0 aliphatic heterocycles. The Morgan fingerprint density at radius 1 is 0.446 bits per heavy atom. The van der Waals surface area contributed by atoms with Crippen LogP contribution in [0.1, 0.15) is 170 Å². The van der Waals surface area contributed by atoms with Crippen LogP contribution >= 0.6 is 0 Å². The molecule has 350 valence electrons. The molecule has 6 heteroatoms. The van der Waals surface area contributed by atoms with Crippen molar-refractivity contribution in [2.24, 2.45) is 0 Å². The summed E-state index contributed by atoms with van der Waals surface area (Å²) >= 11 is 0. The number of ether oxygens (including phenoxy) is 4. The molecule has 0 atom stereocenters. The van der Waals surface area contributed by atoms with Crippen LogP contribution in [0.15, 0.2) is 84.9 Å². The van der Waals surface area contributed by atoms with Crippen LogP contribution in [0, 0.1) is 24.7 Å². The highest BCUT2D eigenvalue weighted by molar-refractivity contribution is 5.76. The van der Waals surface area contributed by atoms with Crippen LogP contribution < -0.4 is 29.6 Å². The second-order valence-electron chi connectivity index (χ2n) is 17.3. The summed E-state index contributed by atoms with van der Waals surface area (Å²) in [7, 11) is 0. The molecule has 0 saturated heterocycles. The van der Waals surface area contributed by atoms with Gasteiger partial charge in [-0.2, -0.15) is 0 Å². The van der Waals surface area contributed by atoms with E-state index in [-0.39, 0.29) is 13.2 Å². The van der Waals surface area contributed by atoms with Crippen LogP contribution in [-0.2, 0) is 19.6 Å². The van der Waals surface area contributed by atoms with Crippen molar-refractivity contribution in [2.45, 2.75) is 162 Å². The number of benzene rings is 4. The number of hydrogen-bond donors (Lipinski definition) is 2. The normalized spacial score (nSPS) is 11.0. The van der Waals surface area contributed by atoms with Gasteiger partial charge < -0.3 is 29.6 Å². The Kier molecular flexibility index (Phi) is 27.5. The summed E-state index contributed by atoms with van der Waals surface area (Å²) in [6.07, 6.45) is 40.9. The summed E-state index contributed by atoms with van der Waals surface area (Å²) in [5, 5.41) is 7.25. The van der Waals surface area contributed by atoms with Crippen molar-refractivity contribution in [1.29, 1.82) is 0 Å². The molecule has 65 heavy (non-hydrogen) atoms. The molecule has 4 rings (SSSR count). The van der Waals surface area contributed by atoms with Gasteiger partial charge in [-0.3, -0.25) is 0 Å². The zero-order valence-corrected chi connectivity index (χ0v) is 40.1. The van der Waals surface area contributed by atoms with E-state index in [9.17, 15) is 0 Å². The number of anilines is 1. The van der Waals surface area contributed by atoms with Gasteiger partial charge in [-0.1, -0.05) is 202 Å². The van der Waals surface area contributed by atoms with Crippen molar-refractivity contribution < 1.29 is 18.9 Å². The minimum Gasteiger partial charge on any atom is -0.493 e. The fraction of sp³-hybridized carbons (Fsp3) is 0.492. The van der Waals surface area contributed by atoms with E-state index in [4.69, 9.17) is 31.8 Å². The minimum atomic E-state index is 0.255. The summed E-state index contributed by atoms with van der Waals surface area (Å²) in [6, 6.07) is 29.2. The van der Waals surface area contributed by atoms with Crippen molar-refractivity contribution in [3.63, 3.8) is 0 Å². The van der Waals surface area contributed by atoms with Crippen LogP contribution in [-0.4, -0.2) is 26.4 Å². The highest BCUT2D eigenvalue weighted by Gasteiger charge is 2.13. The van der Waals surface area contributed by atoms with Gasteiger partial charge in [0.15, 0.2) is 0 Å². The number of terminal acetylenes is 2. The summed E-state index contributed by atoms with van der Waals surface area (Å²) in [5.41, 5.74) is 6.63. The molecule has 6 nitrogen and oxygen atoms in total. The maximum absolute atomic E-state index is 6.63. The summed E-state index contributed by atoms with van der Waals surface area (Å²) in [4.78, 5) is 0. The Labute approximate surface area is 394 Å². The van der Waals surface area contributed by atoms with Gasteiger partial charge in [-0.25, -0.2) is 0 Å². The van der Waals surface area contributed by atoms with E-state index in [1.165, 1.54) is 127 Å². The first-order valence-corrected chi connectivity index (χ1v) is 25.1. The first-order chi connectivity index (χ1) is 32.1. The summed E-state index contributed by atoms with van der Waals surface area (Å²) in [5.74, 6) is 8.30. The molecule has 0 radical (unpaired) electrons. The maximum Gasteiger partial charge on any atom is 0.148 e. The standard InChI is InChI=1S/C59H80N2O4/c1-5-9-11-13-15-17-19-21-23-25-43-64-58-46-57(61-49-53-34-39-56(40-35-53)63-42-8-4)59(65-44-26-24-22-20-18-16-14-12-10-6-2)45-54(58)36-31-50-27-29-51(30-28-50)47-60-48-52-32-37-55(38-33-52)62-41-7-3/h3-4,27-40,45-46,60-61H,5-6,9-26,41-44,47-49H2,1-2H3/b36-31+. The van der Waals surface area contributed by atoms with E-state index in [0.717, 1.165) is 71.3 Å². The number of unbranched alkanes of at least 4 members (excludes halogenated alkanes) is 18. The van der Waals surface area contributed by atoms with Crippen molar-refractivity contribution in [2.75, 3.05) is 31.7 Å². The molecule has 0 aliphatic rings. The Hall–Kier alpha value is -5.30. The van der Waals surface area contributed by atoms with Gasteiger partial charge in [0.2, 0.25) is 0 Å². The lowest BCUT2D eigenvalue weighted by Crippen LogP contribution is -2.12. The van der Waals surface area contributed by atoms with E-state index in [1.807, 2.05) is 24.3 Å². The van der Waals surface area contributed by atoms with Gasteiger partial charge in [-0.15, -0.1) is 12.8 Å². The maximum atomic E-state index is 6.63. The Morgan fingerprint density at radius 3 is 1.32 bits per heavy atom. The fourth-order valence-corrected chi connectivity index (χ4v) is 7.77. The molecule has 0 fully saturated rings. The molecular formula is C59H80N2O4. The lowest BCUT2D eigenvalue weighted by atomic mass is 10.1. The number of nitrogens with one attached hydrogen (secondary N) is 2. The average molecular weight is 881 g/mol. The summed E-state index contributed by atoms with van der Waals surface area (Å²) < 4.78 is 24.4. The molecular weight excluding hydrogens is 801 g/mol. The smallest absolute Gasteiger partial charge is 0.148 e. The lowest BCUT2D eigenvalue weighted by Gasteiger charge is -2.18. The topological polar surface area (TPSA) is 61.0 Å². The zero-order chi connectivity index (χ0) is 45.8. The van der Waals surface area contributed by atoms with Gasteiger partial charge in [0.25, 0.3) is 0 Å². The monoisotopic (exact) mass is 881 g/mol. The van der Waals surface area contributed by atoms with Crippen LogP contribution in [0.3, 0.4) is 0 Å². The molecule has 0 aliphatic carbocycles. The Balaban J connectivity index is 1.43. The average Bonchev–Trinajstić information content (AvgIpc) is 3.33. The molecule has 0 spiro atoms. The van der Waals surface area contributed by atoms with Crippen LogP contribution in [0.5, 0.6) is 23.0 Å². The molecule has 2 N–H and O–H groups in total. The Morgan fingerprint density at radius 2 is 0.862 bits per heavy atom. The lowest BCUT2D eigenvalue weighted by molar-refractivity contribution is 0.296. The fourth-order valence-electron chi connectivity index (χ4n) is 7.77.